The summed E-state index contributed by atoms with van der Waals surface area (Å²) in [5.74, 6) is 0.702. The average Bonchev–Trinajstić information content (AvgIpc) is 2.55. The molecule has 0 bridgehead atoms. The Balaban J connectivity index is 2.08. The van der Waals surface area contributed by atoms with Gasteiger partial charge >= 0.3 is 0 Å². The number of hydrazone groups is 1. The molecule has 2 aromatic rings. The molecule has 0 saturated heterocycles. The maximum Gasteiger partial charge on any atom is 0.276 e. The van der Waals surface area contributed by atoms with Crippen LogP contribution >= 0.6 is 23.2 Å². The summed E-state index contributed by atoms with van der Waals surface area (Å²) in [6.45, 7) is 2.63. The maximum atomic E-state index is 12.1. The molecular formula is C16H16Cl2N2O3S. The Hall–Kier alpha value is -1.76. The molecule has 8 heteroatoms. The second-order valence-corrected chi connectivity index (χ2v) is 7.33. The Morgan fingerprint density at radius 1 is 1.17 bits per heavy atom. The van der Waals surface area contributed by atoms with E-state index in [1.807, 2.05) is 13.0 Å². The van der Waals surface area contributed by atoms with Crippen LogP contribution in [-0.2, 0) is 10.0 Å². The van der Waals surface area contributed by atoms with Crippen LogP contribution in [0.4, 0.5) is 0 Å². The minimum atomic E-state index is -3.82. The van der Waals surface area contributed by atoms with Crippen molar-refractivity contribution in [1.82, 2.24) is 4.83 Å². The van der Waals surface area contributed by atoms with Crippen molar-refractivity contribution < 1.29 is 13.2 Å². The normalized spacial score (nSPS) is 11.6. The van der Waals surface area contributed by atoms with Crippen molar-refractivity contribution in [3.8, 4) is 5.75 Å². The number of nitrogens with zero attached hydrogens (tertiary/aromatic N) is 1. The van der Waals surface area contributed by atoms with Gasteiger partial charge in [0.2, 0.25) is 0 Å². The van der Waals surface area contributed by atoms with E-state index in [1.165, 1.54) is 24.4 Å². The zero-order chi connectivity index (χ0) is 17.6. The van der Waals surface area contributed by atoms with Gasteiger partial charge in [0.15, 0.2) is 0 Å². The van der Waals surface area contributed by atoms with E-state index in [9.17, 15) is 8.42 Å². The summed E-state index contributed by atoms with van der Waals surface area (Å²) < 4.78 is 29.8. The Labute approximate surface area is 151 Å². The van der Waals surface area contributed by atoms with Gasteiger partial charge in [0.25, 0.3) is 10.0 Å². The van der Waals surface area contributed by atoms with Crippen molar-refractivity contribution in [3.05, 3.63) is 58.1 Å². The smallest absolute Gasteiger partial charge is 0.276 e. The average molecular weight is 387 g/mol. The Morgan fingerprint density at radius 3 is 2.67 bits per heavy atom. The number of rotatable bonds is 7. The summed E-state index contributed by atoms with van der Waals surface area (Å²) in [6, 6.07) is 11.2. The lowest BCUT2D eigenvalue weighted by Gasteiger charge is -2.06. The van der Waals surface area contributed by atoms with Crippen LogP contribution in [0.3, 0.4) is 0 Å². The maximum absolute atomic E-state index is 12.1. The van der Waals surface area contributed by atoms with Crippen molar-refractivity contribution in [2.75, 3.05) is 6.61 Å². The third kappa shape index (κ3) is 5.12. The highest BCUT2D eigenvalue weighted by Crippen LogP contribution is 2.24. The summed E-state index contributed by atoms with van der Waals surface area (Å²) in [5.41, 5.74) is 0.709. The number of benzene rings is 2. The van der Waals surface area contributed by atoms with Crippen molar-refractivity contribution in [2.24, 2.45) is 5.10 Å². The molecule has 0 aliphatic heterocycles. The SMILES string of the molecule is CCCOc1cccc(/C=N/NS(=O)(=O)c2ccc(Cl)c(Cl)c2)c1. The molecular weight excluding hydrogens is 371 g/mol. The largest absolute Gasteiger partial charge is 0.494 e. The molecule has 0 atom stereocenters. The molecule has 0 amide bonds. The molecule has 0 heterocycles. The lowest BCUT2D eigenvalue weighted by molar-refractivity contribution is 0.317. The quantitative estimate of drug-likeness (QED) is 0.575. The predicted molar refractivity (Wildman–Crippen MR) is 96.6 cm³/mol. The second-order valence-electron chi connectivity index (χ2n) is 4.85. The fourth-order valence-electron chi connectivity index (χ4n) is 1.77. The molecule has 2 rings (SSSR count). The predicted octanol–water partition coefficient (Wildman–Crippen LogP) is 4.09. The van der Waals surface area contributed by atoms with Crippen molar-refractivity contribution in [1.29, 1.82) is 0 Å². The third-order valence-electron chi connectivity index (χ3n) is 2.92. The molecule has 2 aromatic carbocycles. The number of ether oxygens (including phenoxy) is 1. The molecule has 0 unspecified atom stereocenters. The van der Waals surface area contributed by atoms with Crippen LogP contribution in [-0.4, -0.2) is 21.2 Å². The molecule has 128 valence electrons. The second kappa shape index (κ2) is 8.37. The van der Waals surface area contributed by atoms with E-state index in [1.54, 1.807) is 18.2 Å². The summed E-state index contributed by atoms with van der Waals surface area (Å²) in [5, 5.41) is 4.21. The molecule has 5 nitrogen and oxygen atoms in total. The summed E-state index contributed by atoms with van der Waals surface area (Å²) in [6.07, 6.45) is 2.30. The van der Waals surface area contributed by atoms with Crippen LogP contribution in [0.2, 0.25) is 10.0 Å². The Morgan fingerprint density at radius 2 is 1.96 bits per heavy atom. The van der Waals surface area contributed by atoms with Gasteiger partial charge in [0, 0.05) is 0 Å². The van der Waals surface area contributed by atoms with Gasteiger partial charge < -0.3 is 4.74 Å². The number of nitrogens with one attached hydrogen (secondary N) is 1. The highest BCUT2D eigenvalue weighted by molar-refractivity contribution is 7.89. The standard InChI is InChI=1S/C16H16Cl2N2O3S/c1-2-8-23-13-5-3-4-12(9-13)11-19-20-24(21,22)14-6-7-15(17)16(18)10-14/h3-7,9-11,20H,2,8H2,1H3/b19-11+. The highest BCUT2D eigenvalue weighted by atomic mass is 35.5. The van der Waals surface area contributed by atoms with Crippen molar-refractivity contribution in [2.45, 2.75) is 18.2 Å². The van der Waals surface area contributed by atoms with E-state index in [2.05, 4.69) is 9.93 Å². The highest BCUT2D eigenvalue weighted by Gasteiger charge is 2.14. The monoisotopic (exact) mass is 386 g/mol. The van der Waals surface area contributed by atoms with E-state index in [-0.39, 0.29) is 14.9 Å². The first-order valence-corrected chi connectivity index (χ1v) is 9.39. The fourth-order valence-corrected chi connectivity index (χ4v) is 2.95. The topological polar surface area (TPSA) is 67.8 Å². The van der Waals surface area contributed by atoms with Crippen molar-refractivity contribution in [3.63, 3.8) is 0 Å². The zero-order valence-corrected chi connectivity index (χ0v) is 15.2. The van der Waals surface area contributed by atoms with Gasteiger partial charge in [0.1, 0.15) is 5.75 Å². The minimum Gasteiger partial charge on any atom is -0.494 e. The van der Waals surface area contributed by atoms with Gasteiger partial charge in [0.05, 0.1) is 27.8 Å². The molecule has 0 saturated carbocycles. The Kier molecular flexibility index (Phi) is 6.48. The number of halogens is 2. The molecule has 0 aliphatic rings. The first-order chi connectivity index (χ1) is 11.4. The van der Waals surface area contributed by atoms with E-state index >= 15 is 0 Å². The van der Waals surface area contributed by atoms with Crippen LogP contribution in [0.15, 0.2) is 52.5 Å². The van der Waals surface area contributed by atoms with Gasteiger partial charge in [-0.2, -0.15) is 13.5 Å². The van der Waals surface area contributed by atoms with Crippen LogP contribution < -0.4 is 9.57 Å². The van der Waals surface area contributed by atoms with Gasteiger partial charge in [-0.1, -0.05) is 42.3 Å². The van der Waals surface area contributed by atoms with Crippen LogP contribution in [0.25, 0.3) is 0 Å². The number of sulfonamides is 1. The first kappa shape index (κ1) is 18.6. The van der Waals surface area contributed by atoms with E-state index in [0.29, 0.717) is 17.9 Å². The number of hydrogen-bond donors (Lipinski definition) is 1. The molecule has 24 heavy (non-hydrogen) atoms. The van der Waals surface area contributed by atoms with Crippen molar-refractivity contribution >= 4 is 39.4 Å². The minimum absolute atomic E-state index is 0.0194. The van der Waals surface area contributed by atoms with E-state index < -0.39 is 10.0 Å². The molecule has 0 radical (unpaired) electrons. The molecule has 0 aliphatic carbocycles. The Bertz CT molecular complexity index is 839. The lowest BCUT2D eigenvalue weighted by atomic mass is 10.2. The molecule has 1 N–H and O–H groups in total. The van der Waals surface area contributed by atoms with Gasteiger partial charge in [-0.05, 0) is 42.3 Å². The number of hydrogen-bond acceptors (Lipinski definition) is 4. The van der Waals surface area contributed by atoms with Gasteiger partial charge in [-0.3, -0.25) is 0 Å². The zero-order valence-electron chi connectivity index (χ0n) is 12.9. The van der Waals surface area contributed by atoms with Gasteiger partial charge in [-0.25, -0.2) is 4.83 Å². The fraction of sp³-hybridized carbons (Fsp3) is 0.188. The van der Waals surface area contributed by atoms with Gasteiger partial charge in [-0.15, -0.1) is 0 Å². The summed E-state index contributed by atoms with van der Waals surface area (Å²) in [4.78, 5) is 2.11. The molecule has 0 aromatic heterocycles. The van der Waals surface area contributed by atoms with Crippen LogP contribution in [0, 0.1) is 0 Å². The third-order valence-corrected chi connectivity index (χ3v) is 4.88. The van der Waals surface area contributed by atoms with E-state index in [0.717, 1.165) is 6.42 Å². The molecule has 0 fully saturated rings. The first-order valence-electron chi connectivity index (χ1n) is 7.15. The molecule has 0 spiro atoms. The van der Waals surface area contributed by atoms with Crippen LogP contribution in [0.1, 0.15) is 18.9 Å². The van der Waals surface area contributed by atoms with E-state index in [4.69, 9.17) is 27.9 Å². The summed E-state index contributed by atoms with van der Waals surface area (Å²) >= 11 is 11.6. The lowest BCUT2D eigenvalue weighted by Crippen LogP contribution is -2.18. The van der Waals surface area contributed by atoms with Crippen LogP contribution in [0.5, 0.6) is 5.75 Å². The summed E-state index contributed by atoms with van der Waals surface area (Å²) in [7, 11) is -3.82.